The van der Waals surface area contributed by atoms with E-state index in [1.54, 1.807) is 18.2 Å². The zero-order valence-corrected chi connectivity index (χ0v) is 15.7. The molecule has 0 saturated carbocycles. The van der Waals surface area contributed by atoms with E-state index in [0.29, 0.717) is 15.6 Å². The second kappa shape index (κ2) is 7.19. The van der Waals surface area contributed by atoms with Crippen LogP contribution in [0.15, 0.2) is 45.8 Å². The maximum atomic E-state index is 13.1. The molecule has 0 radical (unpaired) electrons. The Kier molecular flexibility index (Phi) is 5.17. The molecule has 1 aliphatic rings. The van der Waals surface area contributed by atoms with Crippen LogP contribution in [0.3, 0.4) is 0 Å². The van der Waals surface area contributed by atoms with Crippen LogP contribution in [0.4, 0.5) is 9.18 Å². The lowest BCUT2D eigenvalue weighted by Gasteiger charge is -2.13. The molecule has 8 heteroatoms. The monoisotopic (exact) mass is 441 g/mol. The summed E-state index contributed by atoms with van der Waals surface area (Å²) in [6.45, 7) is -0.0274. The lowest BCUT2D eigenvalue weighted by atomic mass is 10.2. The summed E-state index contributed by atoms with van der Waals surface area (Å²) in [7, 11) is 0. The average molecular weight is 443 g/mol. The van der Waals surface area contributed by atoms with Gasteiger partial charge in [0, 0.05) is 5.02 Å². The van der Waals surface area contributed by atoms with Gasteiger partial charge < -0.3 is 5.11 Å². The number of benzene rings is 2. The summed E-state index contributed by atoms with van der Waals surface area (Å²) in [5.41, 5.74) is 1.15. The van der Waals surface area contributed by atoms with Gasteiger partial charge in [-0.15, -0.1) is 0 Å². The van der Waals surface area contributed by atoms with Gasteiger partial charge in [0.25, 0.3) is 11.1 Å². The molecule has 1 saturated heterocycles. The number of halogens is 3. The Morgan fingerprint density at radius 3 is 2.68 bits per heavy atom. The first-order valence-corrected chi connectivity index (χ1v) is 9.01. The summed E-state index contributed by atoms with van der Waals surface area (Å²) >= 11 is 9.98. The quantitative estimate of drug-likeness (QED) is 0.665. The van der Waals surface area contributed by atoms with Gasteiger partial charge in [-0.25, -0.2) is 4.39 Å². The SMILES string of the molecule is O=C1S/C(=C\c2ccc(O)c(Br)c2)C(=O)N1Cc1ccc(F)cc1Cl. The number of rotatable bonds is 3. The molecule has 0 atom stereocenters. The van der Waals surface area contributed by atoms with E-state index in [4.69, 9.17) is 11.6 Å². The van der Waals surface area contributed by atoms with Crippen molar-refractivity contribution in [2.45, 2.75) is 6.54 Å². The molecule has 128 valence electrons. The van der Waals surface area contributed by atoms with Crippen molar-refractivity contribution in [3.05, 3.63) is 67.7 Å². The summed E-state index contributed by atoms with van der Waals surface area (Å²) in [6, 6.07) is 8.56. The van der Waals surface area contributed by atoms with Gasteiger partial charge >= 0.3 is 0 Å². The largest absolute Gasteiger partial charge is 0.507 e. The predicted octanol–water partition coefficient (Wildman–Crippen LogP) is 5.18. The highest BCUT2D eigenvalue weighted by Gasteiger charge is 2.35. The van der Waals surface area contributed by atoms with Crippen LogP contribution in [0, 0.1) is 5.82 Å². The van der Waals surface area contributed by atoms with E-state index in [2.05, 4.69) is 15.9 Å². The Labute approximate surface area is 160 Å². The average Bonchev–Trinajstić information content (AvgIpc) is 2.81. The van der Waals surface area contributed by atoms with Crippen molar-refractivity contribution in [1.82, 2.24) is 4.90 Å². The number of nitrogens with zero attached hydrogens (tertiary/aromatic N) is 1. The fourth-order valence-corrected chi connectivity index (χ4v) is 3.68. The number of aromatic hydroxyl groups is 1. The van der Waals surface area contributed by atoms with Crippen molar-refractivity contribution in [3.63, 3.8) is 0 Å². The van der Waals surface area contributed by atoms with Gasteiger partial charge in [-0.05, 0) is 69.2 Å². The van der Waals surface area contributed by atoms with Crippen LogP contribution < -0.4 is 0 Å². The van der Waals surface area contributed by atoms with Gasteiger partial charge in [-0.1, -0.05) is 23.7 Å². The normalized spacial score (nSPS) is 16.1. The second-order valence-corrected chi connectivity index (χ2v) is 7.47. The predicted molar refractivity (Wildman–Crippen MR) is 98.7 cm³/mol. The van der Waals surface area contributed by atoms with Gasteiger partial charge in [0.1, 0.15) is 11.6 Å². The minimum Gasteiger partial charge on any atom is -0.507 e. The van der Waals surface area contributed by atoms with Crippen LogP contribution in [-0.4, -0.2) is 21.2 Å². The second-order valence-electron chi connectivity index (χ2n) is 5.21. The highest BCUT2D eigenvalue weighted by atomic mass is 79.9. The molecular weight excluding hydrogens is 433 g/mol. The van der Waals surface area contributed by atoms with Crippen LogP contribution in [0.1, 0.15) is 11.1 Å². The van der Waals surface area contributed by atoms with E-state index in [-0.39, 0.29) is 22.2 Å². The van der Waals surface area contributed by atoms with E-state index in [1.165, 1.54) is 18.2 Å². The fraction of sp³-hybridized carbons (Fsp3) is 0.0588. The van der Waals surface area contributed by atoms with Crippen LogP contribution in [0.2, 0.25) is 5.02 Å². The summed E-state index contributed by atoms with van der Waals surface area (Å²) in [5.74, 6) is -0.850. The molecule has 0 aromatic heterocycles. The van der Waals surface area contributed by atoms with Gasteiger partial charge in [0.15, 0.2) is 0 Å². The Balaban J connectivity index is 1.84. The molecule has 0 aliphatic carbocycles. The number of amides is 2. The standard InChI is InChI=1S/C17H10BrClFNO3S/c18-12-5-9(1-4-14(12)22)6-15-16(23)21(17(24)25-15)8-10-2-3-11(20)7-13(10)19/h1-7,22H,8H2/b15-6-. The van der Waals surface area contributed by atoms with Crippen molar-refractivity contribution in [2.24, 2.45) is 0 Å². The molecule has 2 amide bonds. The maximum absolute atomic E-state index is 13.1. The summed E-state index contributed by atoms with van der Waals surface area (Å²) in [4.78, 5) is 26.0. The molecule has 4 nitrogen and oxygen atoms in total. The molecule has 25 heavy (non-hydrogen) atoms. The maximum Gasteiger partial charge on any atom is 0.293 e. The molecule has 3 rings (SSSR count). The number of phenols is 1. The van der Waals surface area contributed by atoms with Gasteiger partial charge in [0.05, 0.1) is 15.9 Å². The topological polar surface area (TPSA) is 57.6 Å². The third-order valence-corrected chi connectivity index (χ3v) is 5.38. The fourth-order valence-electron chi connectivity index (χ4n) is 2.22. The van der Waals surface area contributed by atoms with Crippen molar-refractivity contribution in [3.8, 4) is 5.75 Å². The number of carbonyl (C=O) groups excluding carboxylic acids is 2. The Morgan fingerprint density at radius 2 is 2.00 bits per heavy atom. The summed E-state index contributed by atoms with van der Waals surface area (Å²) in [6.07, 6.45) is 1.57. The summed E-state index contributed by atoms with van der Waals surface area (Å²) in [5, 5.41) is 9.25. The number of hydrogen-bond donors (Lipinski definition) is 1. The zero-order valence-electron chi connectivity index (χ0n) is 12.5. The van der Waals surface area contributed by atoms with E-state index in [0.717, 1.165) is 22.7 Å². The van der Waals surface area contributed by atoms with Crippen molar-refractivity contribution >= 4 is 56.5 Å². The molecule has 0 spiro atoms. The molecular formula is C17H10BrClFNO3S. The molecule has 2 aromatic carbocycles. The molecule has 1 N–H and O–H groups in total. The van der Waals surface area contributed by atoms with Gasteiger partial charge in [-0.2, -0.15) is 0 Å². The molecule has 2 aromatic rings. The Hall–Kier alpha value is -1.83. The van der Waals surface area contributed by atoms with Crippen LogP contribution in [0.25, 0.3) is 6.08 Å². The molecule has 1 fully saturated rings. The van der Waals surface area contributed by atoms with Crippen molar-refractivity contribution in [2.75, 3.05) is 0 Å². The lowest BCUT2D eigenvalue weighted by Crippen LogP contribution is -2.27. The summed E-state index contributed by atoms with van der Waals surface area (Å²) < 4.78 is 13.6. The Bertz CT molecular complexity index is 919. The highest BCUT2D eigenvalue weighted by molar-refractivity contribution is 9.10. The van der Waals surface area contributed by atoms with Crippen molar-refractivity contribution < 1.29 is 19.1 Å². The number of thioether (sulfide) groups is 1. The minimum absolute atomic E-state index is 0.0274. The first-order chi connectivity index (χ1) is 11.8. The van der Waals surface area contributed by atoms with Crippen LogP contribution in [-0.2, 0) is 11.3 Å². The first-order valence-electron chi connectivity index (χ1n) is 7.03. The van der Waals surface area contributed by atoms with Gasteiger partial charge in [-0.3, -0.25) is 14.5 Å². The van der Waals surface area contributed by atoms with Gasteiger partial charge in [0.2, 0.25) is 0 Å². The Morgan fingerprint density at radius 1 is 1.24 bits per heavy atom. The minimum atomic E-state index is -0.485. The number of imide groups is 1. The number of carbonyl (C=O) groups is 2. The number of hydrogen-bond acceptors (Lipinski definition) is 4. The molecule has 0 bridgehead atoms. The molecule has 0 unspecified atom stereocenters. The first kappa shape index (κ1) is 18.0. The highest BCUT2D eigenvalue weighted by Crippen LogP contribution is 2.35. The van der Waals surface area contributed by atoms with Crippen molar-refractivity contribution in [1.29, 1.82) is 0 Å². The van der Waals surface area contributed by atoms with E-state index in [1.807, 2.05) is 0 Å². The zero-order chi connectivity index (χ0) is 18.1. The third-order valence-electron chi connectivity index (χ3n) is 3.49. The van der Waals surface area contributed by atoms with Crippen LogP contribution >= 0.6 is 39.3 Å². The van der Waals surface area contributed by atoms with Crippen LogP contribution in [0.5, 0.6) is 5.75 Å². The molecule has 1 aliphatic heterocycles. The smallest absolute Gasteiger partial charge is 0.293 e. The van der Waals surface area contributed by atoms with E-state index in [9.17, 15) is 19.1 Å². The molecule has 1 heterocycles. The van der Waals surface area contributed by atoms with E-state index < -0.39 is 17.0 Å². The van der Waals surface area contributed by atoms with E-state index >= 15 is 0 Å². The third kappa shape index (κ3) is 3.89. The number of phenolic OH excluding ortho intramolecular Hbond substituents is 1. The lowest BCUT2D eigenvalue weighted by molar-refractivity contribution is -0.123.